The molecule has 8 nitrogen and oxygen atoms in total. The van der Waals surface area contributed by atoms with Gasteiger partial charge >= 0.3 is 0 Å². The van der Waals surface area contributed by atoms with Crippen LogP contribution in [0.3, 0.4) is 0 Å². The molecule has 0 saturated carbocycles. The summed E-state index contributed by atoms with van der Waals surface area (Å²) in [6.45, 7) is 1.65. The molecule has 5 rings (SSSR count). The van der Waals surface area contributed by atoms with Crippen LogP contribution >= 0.6 is 22.9 Å². The molecule has 0 aliphatic carbocycles. The molecule has 1 fully saturated rings. The van der Waals surface area contributed by atoms with Crippen molar-refractivity contribution >= 4 is 37.9 Å². The van der Waals surface area contributed by atoms with E-state index >= 15 is 0 Å². The SMILES string of the molecule is O=c1cc(CN2CCN(S(=O)(=O)c3ccc(F)c(Cl)c3)CC2)nc2sc(-c3cccc(F)c3)nn12. The number of benzene rings is 2. The Labute approximate surface area is 208 Å². The van der Waals surface area contributed by atoms with Gasteiger partial charge in [-0.25, -0.2) is 22.2 Å². The highest BCUT2D eigenvalue weighted by molar-refractivity contribution is 7.89. The fraction of sp³-hybridized carbons (Fsp3) is 0.227. The summed E-state index contributed by atoms with van der Waals surface area (Å²) < 4.78 is 55.3. The van der Waals surface area contributed by atoms with Crippen LogP contribution in [0, 0.1) is 11.6 Å². The first-order valence-corrected chi connectivity index (χ1v) is 13.2. The average Bonchev–Trinajstić information content (AvgIpc) is 3.26. The molecule has 2 aromatic heterocycles. The van der Waals surface area contributed by atoms with E-state index < -0.39 is 21.7 Å². The van der Waals surface area contributed by atoms with Crippen LogP contribution in [0.5, 0.6) is 0 Å². The molecule has 0 N–H and O–H groups in total. The van der Waals surface area contributed by atoms with Crippen LogP contribution in [0.2, 0.25) is 5.02 Å². The van der Waals surface area contributed by atoms with Gasteiger partial charge in [-0.3, -0.25) is 9.69 Å². The van der Waals surface area contributed by atoms with Crippen LogP contribution in [0.4, 0.5) is 8.78 Å². The van der Waals surface area contributed by atoms with E-state index in [1.165, 1.54) is 44.4 Å². The van der Waals surface area contributed by atoms with E-state index in [0.717, 1.165) is 12.1 Å². The first-order valence-electron chi connectivity index (χ1n) is 10.5. The summed E-state index contributed by atoms with van der Waals surface area (Å²) in [7, 11) is -3.81. The number of hydrogen-bond donors (Lipinski definition) is 0. The highest BCUT2D eigenvalue weighted by Crippen LogP contribution is 2.26. The van der Waals surface area contributed by atoms with Crippen LogP contribution in [0.1, 0.15) is 5.69 Å². The molecule has 2 aromatic carbocycles. The van der Waals surface area contributed by atoms with Crippen LogP contribution in [-0.4, -0.2) is 58.4 Å². The Hall–Kier alpha value is -2.77. The van der Waals surface area contributed by atoms with Gasteiger partial charge in [-0.1, -0.05) is 35.1 Å². The summed E-state index contributed by atoms with van der Waals surface area (Å²) in [5, 5.41) is 4.49. The maximum absolute atomic E-state index is 13.6. The number of halogens is 3. The zero-order chi connectivity index (χ0) is 24.7. The molecule has 0 radical (unpaired) electrons. The lowest BCUT2D eigenvalue weighted by Gasteiger charge is -2.33. The molecule has 1 aliphatic heterocycles. The van der Waals surface area contributed by atoms with Crippen LogP contribution in [0.15, 0.2) is 58.2 Å². The standard InChI is InChI=1S/C22H18ClF2N5O3S2/c23-18-12-17(4-5-19(18)25)35(32,33)29-8-6-28(7-9-29)13-16-11-20(31)30-22(26-16)34-21(27-30)14-2-1-3-15(24)10-14/h1-5,10-12H,6-9,13H2. The van der Waals surface area contributed by atoms with Crippen molar-refractivity contribution < 1.29 is 17.2 Å². The van der Waals surface area contributed by atoms with E-state index in [2.05, 4.69) is 10.1 Å². The maximum atomic E-state index is 13.6. The Morgan fingerprint density at radius 3 is 2.51 bits per heavy atom. The highest BCUT2D eigenvalue weighted by atomic mass is 35.5. The molecule has 0 bridgehead atoms. The molecule has 0 atom stereocenters. The quantitative estimate of drug-likeness (QED) is 0.388. The van der Waals surface area contributed by atoms with E-state index in [-0.39, 0.29) is 28.6 Å². The Bertz CT molecular complexity index is 1580. The van der Waals surface area contributed by atoms with E-state index in [9.17, 15) is 22.0 Å². The predicted octanol–water partition coefficient (Wildman–Crippen LogP) is 3.26. The van der Waals surface area contributed by atoms with Crippen LogP contribution in [0.25, 0.3) is 15.5 Å². The molecule has 0 spiro atoms. The smallest absolute Gasteiger partial charge is 0.275 e. The number of fused-ring (bicyclic) bond motifs is 1. The lowest BCUT2D eigenvalue weighted by Crippen LogP contribution is -2.48. The number of piperazine rings is 1. The maximum Gasteiger partial charge on any atom is 0.275 e. The summed E-state index contributed by atoms with van der Waals surface area (Å²) in [4.78, 5) is 19.5. The number of nitrogens with zero attached hydrogens (tertiary/aromatic N) is 5. The summed E-state index contributed by atoms with van der Waals surface area (Å²) in [6, 6.07) is 10.7. The molecule has 1 saturated heterocycles. The van der Waals surface area contributed by atoms with Gasteiger partial charge in [0.25, 0.3) is 5.56 Å². The van der Waals surface area contributed by atoms with Crippen molar-refractivity contribution in [2.75, 3.05) is 26.2 Å². The van der Waals surface area contributed by atoms with Crippen molar-refractivity contribution in [2.45, 2.75) is 11.4 Å². The summed E-state index contributed by atoms with van der Waals surface area (Å²) in [5.41, 5.74) is 0.741. The van der Waals surface area contributed by atoms with E-state index in [1.807, 2.05) is 4.90 Å². The normalized spacial score (nSPS) is 15.6. The summed E-state index contributed by atoms with van der Waals surface area (Å²) in [5.74, 6) is -1.08. The Morgan fingerprint density at radius 2 is 1.80 bits per heavy atom. The van der Waals surface area contributed by atoms with Crippen LogP contribution < -0.4 is 5.56 Å². The van der Waals surface area contributed by atoms with Crippen molar-refractivity contribution in [2.24, 2.45) is 0 Å². The molecule has 35 heavy (non-hydrogen) atoms. The topological polar surface area (TPSA) is 87.9 Å². The zero-order valence-corrected chi connectivity index (χ0v) is 20.5. The monoisotopic (exact) mass is 537 g/mol. The van der Waals surface area contributed by atoms with Crippen LogP contribution in [-0.2, 0) is 16.6 Å². The first kappa shape index (κ1) is 23.9. The second-order valence-corrected chi connectivity index (χ2v) is 11.3. The zero-order valence-electron chi connectivity index (χ0n) is 18.1. The van der Waals surface area contributed by atoms with Crippen molar-refractivity contribution in [3.63, 3.8) is 0 Å². The van der Waals surface area contributed by atoms with Gasteiger partial charge in [0.05, 0.1) is 15.6 Å². The fourth-order valence-corrected chi connectivity index (χ4v) is 6.43. The Kier molecular flexibility index (Phi) is 6.40. The van der Waals surface area contributed by atoms with E-state index in [1.54, 1.807) is 12.1 Å². The lowest BCUT2D eigenvalue weighted by molar-refractivity contribution is 0.180. The second-order valence-electron chi connectivity index (χ2n) is 7.95. The highest BCUT2D eigenvalue weighted by Gasteiger charge is 2.29. The number of sulfonamides is 1. The van der Waals surface area contributed by atoms with Crippen molar-refractivity contribution in [3.05, 3.63) is 81.2 Å². The third kappa shape index (κ3) is 4.84. The first-order chi connectivity index (χ1) is 16.7. The Morgan fingerprint density at radius 1 is 1.03 bits per heavy atom. The predicted molar refractivity (Wildman–Crippen MR) is 128 cm³/mol. The minimum absolute atomic E-state index is 0.0585. The van der Waals surface area contributed by atoms with E-state index in [4.69, 9.17) is 11.6 Å². The van der Waals surface area contributed by atoms with Gasteiger partial charge in [0.15, 0.2) is 0 Å². The van der Waals surface area contributed by atoms with Crippen molar-refractivity contribution in [1.29, 1.82) is 0 Å². The van der Waals surface area contributed by atoms with Crippen molar-refractivity contribution in [3.8, 4) is 10.6 Å². The number of rotatable bonds is 5. The minimum atomic E-state index is -3.81. The molecule has 3 heterocycles. The minimum Gasteiger partial charge on any atom is -0.295 e. The molecule has 4 aromatic rings. The molecule has 182 valence electrons. The third-order valence-electron chi connectivity index (χ3n) is 5.62. The van der Waals surface area contributed by atoms with Gasteiger partial charge in [0.2, 0.25) is 15.0 Å². The van der Waals surface area contributed by atoms with Gasteiger partial charge < -0.3 is 0 Å². The van der Waals surface area contributed by atoms with Gasteiger partial charge in [0.1, 0.15) is 16.6 Å². The number of hydrogen-bond acceptors (Lipinski definition) is 7. The molecular formula is C22H18ClF2N5O3S2. The second kappa shape index (κ2) is 9.36. The van der Waals surface area contributed by atoms with Gasteiger partial charge in [-0.15, -0.1) is 0 Å². The molecule has 1 aliphatic rings. The van der Waals surface area contributed by atoms with Crippen molar-refractivity contribution in [1.82, 2.24) is 23.8 Å². The summed E-state index contributed by atoms with van der Waals surface area (Å²) in [6.07, 6.45) is 0. The number of aromatic nitrogens is 3. The van der Waals surface area contributed by atoms with Gasteiger partial charge in [-0.2, -0.15) is 13.9 Å². The van der Waals surface area contributed by atoms with E-state index in [0.29, 0.717) is 40.9 Å². The fourth-order valence-electron chi connectivity index (χ4n) is 3.82. The Balaban J connectivity index is 1.30. The molecule has 0 unspecified atom stereocenters. The molecular weight excluding hydrogens is 520 g/mol. The summed E-state index contributed by atoms with van der Waals surface area (Å²) >= 11 is 6.93. The molecule has 0 amide bonds. The largest absolute Gasteiger partial charge is 0.295 e. The third-order valence-corrected chi connectivity index (χ3v) is 8.76. The van der Waals surface area contributed by atoms with Gasteiger partial charge in [-0.05, 0) is 30.3 Å². The average molecular weight is 538 g/mol. The van der Waals surface area contributed by atoms with Gasteiger partial charge in [0, 0.05) is 44.4 Å². The molecule has 13 heteroatoms. The lowest BCUT2D eigenvalue weighted by atomic mass is 10.2.